The Hall–Kier alpha value is -1.27. The lowest BCUT2D eigenvalue weighted by molar-refractivity contribution is 0.163. The van der Waals surface area contributed by atoms with Crippen LogP contribution in [0.2, 0.25) is 15.1 Å². The molecule has 1 aromatic carbocycles. The summed E-state index contributed by atoms with van der Waals surface area (Å²) in [5.74, 6) is 0. The molecule has 1 unspecified atom stereocenters. The largest absolute Gasteiger partial charge is 0.370 e. The van der Waals surface area contributed by atoms with Gasteiger partial charge >= 0.3 is 0 Å². The van der Waals surface area contributed by atoms with Crippen LogP contribution >= 0.6 is 34.8 Å². The van der Waals surface area contributed by atoms with E-state index in [4.69, 9.17) is 34.8 Å². The number of nitrogens with zero attached hydrogens (tertiary/aromatic N) is 4. The minimum atomic E-state index is -0.460. The monoisotopic (exact) mass is 440 g/mol. The van der Waals surface area contributed by atoms with Crippen LogP contribution < -0.4 is 10.5 Å². The van der Waals surface area contributed by atoms with Gasteiger partial charge in [-0.3, -0.25) is 9.69 Å². The fraction of sp³-hybridized carbons (Fsp3) is 0.500. The standard InChI is InChI=1S/C20H23Cl3N4O/c1-13-3-2-8-26(13)14-6-9-25(10-7-14)18-5-4-15(11-16(18)21)27-20(28)19(23)17(22)12-24-27/h4-5,11-14H,2-3,6-10H2,1H3. The molecule has 0 N–H and O–H groups in total. The normalized spacial score (nSPS) is 21.4. The van der Waals surface area contributed by atoms with Crippen LogP contribution in [0.25, 0.3) is 5.69 Å². The Morgan fingerprint density at radius 2 is 1.79 bits per heavy atom. The summed E-state index contributed by atoms with van der Waals surface area (Å²) in [5.41, 5.74) is 1.10. The van der Waals surface area contributed by atoms with Crippen molar-refractivity contribution in [3.05, 3.63) is 49.8 Å². The molecule has 1 atom stereocenters. The van der Waals surface area contributed by atoms with Gasteiger partial charge in [0, 0.05) is 25.2 Å². The molecule has 2 aliphatic rings. The second kappa shape index (κ2) is 8.23. The Bertz CT molecular complexity index is 924. The molecule has 2 saturated heterocycles. The Balaban J connectivity index is 1.50. The molecular weight excluding hydrogens is 419 g/mol. The van der Waals surface area contributed by atoms with E-state index in [1.54, 1.807) is 6.07 Å². The zero-order chi connectivity index (χ0) is 19.8. The van der Waals surface area contributed by atoms with Crippen molar-refractivity contribution >= 4 is 40.5 Å². The molecule has 1 aromatic heterocycles. The zero-order valence-corrected chi connectivity index (χ0v) is 18.0. The molecule has 0 amide bonds. The average Bonchev–Trinajstić information content (AvgIpc) is 3.12. The lowest BCUT2D eigenvalue weighted by atomic mass is 10.0. The third kappa shape index (κ3) is 3.78. The summed E-state index contributed by atoms with van der Waals surface area (Å²) in [6, 6.07) is 6.92. The molecule has 0 aliphatic carbocycles. The van der Waals surface area contributed by atoms with E-state index in [2.05, 4.69) is 21.8 Å². The first-order chi connectivity index (χ1) is 13.5. The van der Waals surface area contributed by atoms with E-state index in [0.717, 1.165) is 31.6 Å². The van der Waals surface area contributed by atoms with E-state index >= 15 is 0 Å². The van der Waals surface area contributed by atoms with Crippen molar-refractivity contribution < 1.29 is 0 Å². The Morgan fingerprint density at radius 1 is 1.04 bits per heavy atom. The topological polar surface area (TPSA) is 41.4 Å². The summed E-state index contributed by atoms with van der Waals surface area (Å²) in [5, 5.41) is 4.76. The summed E-state index contributed by atoms with van der Waals surface area (Å²) in [7, 11) is 0. The molecule has 2 aliphatic heterocycles. The highest BCUT2D eigenvalue weighted by Crippen LogP contribution is 2.32. The van der Waals surface area contributed by atoms with Gasteiger partial charge < -0.3 is 4.90 Å². The van der Waals surface area contributed by atoms with Gasteiger partial charge in [-0.15, -0.1) is 0 Å². The SMILES string of the molecule is CC1CCCN1C1CCN(c2ccc(-n3ncc(Cl)c(Cl)c3=O)cc2Cl)CC1. The van der Waals surface area contributed by atoms with Gasteiger partial charge in [-0.05, 0) is 57.4 Å². The van der Waals surface area contributed by atoms with Gasteiger partial charge in [0.05, 0.1) is 27.6 Å². The van der Waals surface area contributed by atoms with Crippen LogP contribution in [0.1, 0.15) is 32.6 Å². The number of halogens is 3. The van der Waals surface area contributed by atoms with Crippen LogP contribution in [0.3, 0.4) is 0 Å². The molecule has 0 radical (unpaired) electrons. The molecule has 3 heterocycles. The Morgan fingerprint density at radius 3 is 2.43 bits per heavy atom. The fourth-order valence-corrected chi connectivity index (χ4v) is 4.96. The van der Waals surface area contributed by atoms with Crippen LogP contribution in [0.4, 0.5) is 5.69 Å². The first kappa shape index (κ1) is 20.0. The maximum absolute atomic E-state index is 12.3. The van der Waals surface area contributed by atoms with E-state index in [-0.39, 0.29) is 10.0 Å². The van der Waals surface area contributed by atoms with Crippen LogP contribution in [0, 0.1) is 0 Å². The van der Waals surface area contributed by atoms with Crippen molar-refractivity contribution in [2.45, 2.75) is 44.7 Å². The van der Waals surface area contributed by atoms with Gasteiger partial charge in [-0.25, -0.2) is 0 Å². The summed E-state index contributed by atoms with van der Waals surface area (Å²) >= 11 is 18.4. The zero-order valence-electron chi connectivity index (χ0n) is 15.7. The van der Waals surface area contributed by atoms with Gasteiger partial charge in [-0.1, -0.05) is 34.8 Å². The van der Waals surface area contributed by atoms with Crippen LogP contribution in [0.15, 0.2) is 29.2 Å². The van der Waals surface area contributed by atoms with Crippen LogP contribution in [0.5, 0.6) is 0 Å². The first-order valence-electron chi connectivity index (χ1n) is 9.69. The van der Waals surface area contributed by atoms with Crippen molar-refractivity contribution in [1.29, 1.82) is 0 Å². The fourth-order valence-electron chi connectivity index (χ4n) is 4.42. The van der Waals surface area contributed by atoms with Crippen molar-refractivity contribution in [1.82, 2.24) is 14.7 Å². The van der Waals surface area contributed by atoms with E-state index in [1.807, 2.05) is 12.1 Å². The second-order valence-electron chi connectivity index (χ2n) is 7.61. The van der Waals surface area contributed by atoms with Crippen molar-refractivity contribution in [2.24, 2.45) is 0 Å². The molecule has 2 fully saturated rings. The highest BCUT2D eigenvalue weighted by molar-refractivity contribution is 6.41. The number of hydrogen-bond donors (Lipinski definition) is 0. The lowest BCUT2D eigenvalue weighted by Crippen LogP contribution is -2.46. The number of aromatic nitrogens is 2. The molecule has 150 valence electrons. The number of piperidine rings is 1. The number of hydrogen-bond acceptors (Lipinski definition) is 4. The average molecular weight is 442 g/mol. The van der Waals surface area contributed by atoms with E-state index in [0.29, 0.717) is 22.8 Å². The summed E-state index contributed by atoms with van der Waals surface area (Å²) < 4.78 is 1.21. The highest BCUT2D eigenvalue weighted by Gasteiger charge is 2.30. The maximum atomic E-state index is 12.3. The summed E-state index contributed by atoms with van der Waals surface area (Å²) in [6.45, 7) is 5.54. The first-order valence-corrected chi connectivity index (χ1v) is 10.8. The summed E-state index contributed by atoms with van der Waals surface area (Å²) in [6.07, 6.45) is 6.29. The molecule has 28 heavy (non-hydrogen) atoms. The predicted molar refractivity (Wildman–Crippen MR) is 116 cm³/mol. The van der Waals surface area contributed by atoms with E-state index in [1.165, 1.54) is 30.3 Å². The molecule has 5 nitrogen and oxygen atoms in total. The number of benzene rings is 1. The molecular formula is C20H23Cl3N4O. The maximum Gasteiger partial charge on any atom is 0.291 e. The second-order valence-corrected chi connectivity index (χ2v) is 8.80. The van der Waals surface area contributed by atoms with Crippen LogP contribution in [-0.2, 0) is 0 Å². The number of anilines is 1. The minimum absolute atomic E-state index is 0.0462. The third-order valence-corrected chi connectivity index (χ3v) is 6.98. The molecule has 0 spiro atoms. The van der Waals surface area contributed by atoms with Gasteiger partial charge in [-0.2, -0.15) is 9.78 Å². The minimum Gasteiger partial charge on any atom is -0.370 e. The molecule has 0 bridgehead atoms. The molecule has 0 saturated carbocycles. The van der Waals surface area contributed by atoms with E-state index < -0.39 is 5.56 Å². The Labute approximate surface area is 179 Å². The van der Waals surface area contributed by atoms with Gasteiger partial charge in [0.25, 0.3) is 5.56 Å². The van der Waals surface area contributed by atoms with Crippen molar-refractivity contribution in [3.63, 3.8) is 0 Å². The van der Waals surface area contributed by atoms with Gasteiger partial charge in [0.2, 0.25) is 0 Å². The van der Waals surface area contributed by atoms with Gasteiger partial charge in [0.15, 0.2) is 0 Å². The molecule has 4 rings (SSSR count). The predicted octanol–water partition coefficient (Wildman–Crippen LogP) is 4.65. The number of likely N-dealkylation sites (tertiary alicyclic amines) is 1. The molecule has 2 aromatic rings. The summed E-state index contributed by atoms with van der Waals surface area (Å²) in [4.78, 5) is 17.3. The van der Waals surface area contributed by atoms with Crippen molar-refractivity contribution in [3.8, 4) is 5.69 Å². The van der Waals surface area contributed by atoms with Crippen molar-refractivity contribution in [2.75, 3.05) is 24.5 Å². The van der Waals surface area contributed by atoms with Gasteiger partial charge in [0.1, 0.15) is 5.02 Å². The molecule has 8 heteroatoms. The van der Waals surface area contributed by atoms with E-state index in [9.17, 15) is 4.79 Å². The third-order valence-electron chi connectivity index (χ3n) is 5.93. The lowest BCUT2D eigenvalue weighted by Gasteiger charge is -2.39. The highest BCUT2D eigenvalue weighted by atomic mass is 35.5. The Kier molecular flexibility index (Phi) is 5.88. The van der Waals surface area contributed by atoms with Crippen LogP contribution in [-0.4, -0.2) is 46.4 Å². The number of rotatable bonds is 3. The quantitative estimate of drug-likeness (QED) is 0.695. The smallest absolute Gasteiger partial charge is 0.291 e.